The van der Waals surface area contributed by atoms with E-state index in [0.717, 1.165) is 5.48 Å². The summed E-state index contributed by atoms with van der Waals surface area (Å²) in [6, 6.07) is 6.40. The molecule has 0 atom stereocenters. The average molecular weight is 240 g/mol. The van der Waals surface area contributed by atoms with E-state index < -0.39 is 8.32 Å². The minimum absolute atomic E-state index is 0.236. The Morgan fingerprint density at radius 3 is 2.20 bits per heavy atom. The zero-order valence-corrected chi connectivity index (χ0v) is 12.5. The lowest BCUT2D eigenvalue weighted by molar-refractivity contribution is 0.569. The molecule has 15 heavy (non-hydrogen) atoms. The van der Waals surface area contributed by atoms with Gasteiger partial charge in [-0.2, -0.15) is 0 Å². The molecule has 0 N–H and O–H groups in total. The molecule has 0 unspecified atom stereocenters. The molecule has 1 aromatic heterocycles. The summed E-state index contributed by atoms with van der Waals surface area (Å²) >= 11 is 0. The minimum Gasteiger partial charge on any atom is -0.541 e. The molecule has 0 bridgehead atoms. The van der Waals surface area contributed by atoms with Gasteiger partial charge in [0.15, 0.2) is 0 Å². The van der Waals surface area contributed by atoms with Crippen molar-refractivity contribution in [1.29, 1.82) is 0 Å². The first-order valence-electron chi connectivity index (χ1n) is 5.35. The zero-order valence-electron chi connectivity index (χ0n) is 10.6. The van der Waals surface area contributed by atoms with E-state index in [-0.39, 0.29) is 5.41 Å². The zero-order chi connectivity index (χ0) is 11.7. The molecule has 1 aromatic rings. The Kier molecular flexibility index (Phi) is 3.62. The molecule has 0 radical (unpaired) electrons. The van der Waals surface area contributed by atoms with Crippen LogP contribution in [0.15, 0.2) is 18.2 Å². The molecule has 0 fully saturated rings. The van der Waals surface area contributed by atoms with E-state index in [0.29, 0.717) is 0 Å². The molecule has 0 aliphatic heterocycles. The SMILES string of the molecule is CC(C)(C)c1cccc(O[Si](C)(C)C)p1. The molecule has 0 amide bonds. The number of hydrogen-bond donors (Lipinski definition) is 0. The normalized spacial score (nSPS) is 13.2. The lowest BCUT2D eigenvalue weighted by Crippen LogP contribution is -2.28. The van der Waals surface area contributed by atoms with E-state index in [1.807, 2.05) is 0 Å². The van der Waals surface area contributed by atoms with Gasteiger partial charge in [0.25, 0.3) is 0 Å². The Bertz CT molecular complexity index is 336. The van der Waals surface area contributed by atoms with Crippen molar-refractivity contribution in [3.05, 3.63) is 23.5 Å². The lowest BCUT2D eigenvalue weighted by Gasteiger charge is -2.22. The van der Waals surface area contributed by atoms with Crippen LogP contribution in [0.3, 0.4) is 0 Å². The minimum atomic E-state index is -1.46. The third-order valence-electron chi connectivity index (χ3n) is 1.90. The van der Waals surface area contributed by atoms with Gasteiger partial charge in [-0.05, 0) is 44.6 Å². The van der Waals surface area contributed by atoms with Gasteiger partial charge in [-0.1, -0.05) is 32.9 Å². The van der Waals surface area contributed by atoms with Gasteiger partial charge < -0.3 is 4.43 Å². The molecule has 1 nitrogen and oxygen atoms in total. The molecule has 3 heteroatoms. The molecule has 0 spiro atoms. The average Bonchev–Trinajstić information content (AvgIpc) is 1.99. The quantitative estimate of drug-likeness (QED) is 0.676. The summed E-state index contributed by atoms with van der Waals surface area (Å²) in [6.07, 6.45) is 0. The Hall–Kier alpha value is -0.333. The van der Waals surface area contributed by atoms with Gasteiger partial charge >= 0.3 is 0 Å². The molecule has 0 saturated carbocycles. The molecular weight excluding hydrogens is 219 g/mol. The molecule has 84 valence electrons. The lowest BCUT2D eigenvalue weighted by atomic mass is 9.95. The highest BCUT2D eigenvalue weighted by Crippen LogP contribution is 2.36. The molecular formula is C12H21OPSi. The summed E-state index contributed by atoms with van der Waals surface area (Å²) in [4.78, 5) is 0. The predicted octanol–water partition coefficient (Wildman–Crippen LogP) is 4.78. The van der Waals surface area contributed by atoms with E-state index in [1.165, 1.54) is 13.5 Å². The van der Waals surface area contributed by atoms with Gasteiger partial charge in [0.1, 0.15) is 5.48 Å². The Morgan fingerprint density at radius 2 is 1.73 bits per heavy atom. The van der Waals surface area contributed by atoms with E-state index in [4.69, 9.17) is 4.43 Å². The van der Waals surface area contributed by atoms with Crippen molar-refractivity contribution < 1.29 is 4.43 Å². The number of rotatable bonds is 2. The van der Waals surface area contributed by atoms with Crippen LogP contribution in [0, 0.1) is 0 Å². The Morgan fingerprint density at radius 1 is 1.13 bits per heavy atom. The van der Waals surface area contributed by atoms with Crippen molar-refractivity contribution in [3.8, 4) is 5.48 Å². The van der Waals surface area contributed by atoms with Crippen molar-refractivity contribution in [3.63, 3.8) is 0 Å². The van der Waals surface area contributed by atoms with Crippen LogP contribution < -0.4 is 4.43 Å². The van der Waals surface area contributed by atoms with E-state index in [1.54, 1.807) is 0 Å². The summed E-state index contributed by atoms with van der Waals surface area (Å²) in [5.74, 6) is 0. The number of hydrogen-bond acceptors (Lipinski definition) is 1. The smallest absolute Gasteiger partial charge is 0.242 e. The largest absolute Gasteiger partial charge is 0.541 e. The highest BCUT2D eigenvalue weighted by Gasteiger charge is 2.19. The topological polar surface area (TPSA) is 9.23 Å². The summed E-state index contributed by atoms with van der Waals surface area (Å²) in [6.45, 7) is 13.4. The van der Waals surface area contributed by atoms with Crippen LogP contribution in [0.4, 0.5) is 0 Å². The van der Waals surface area contributed by atoms with E-state index in [2.05, 4.69) is 58.6 Å². The first kappa shape index (κ1) is 12.7. The van der Waals surface area contributed by atoms with Crippen LogP contribution >= 0.6 is 8.19 Å². The summed E-state index contributed by atoms with van der Waals surface area (Å²) in [7, 11) is -0.215. The van der Waals surface area contributed by atoms with Gasteiger partial charge in [-0.15, -0.1) is 0 Å². The first-order valence-corrected chi connectivity index (χ1v) is 9.65. The Labute approximate surface area is 96.1 Å². The first-order chi connectivity index (χ1) is 6.68. The van der Waals surface area contributed by atoms with Gasteiger partial charge in [-0.25, -0.2) is 0 Å². The van der Waals surface area contributed by atoms with Crippen molar-refractivity contribution >= 4 is 16.5 Å². The maximum absolute atomic E-state index is 6.02. The van der Waals surface area contributed by atoms with Crippen LogP contribution in [0.1, 0.15) is 26.1 Å². The summed E-state index contributed by atoms with van der Waals surface area (Å²) in [5.41, 5.74) is 1.35. The van der Waals surface area contributed by atoms with Crippen LogP contribution in [-0.4, -0.2) is 8.32 Å². The van der Waals surface area contributed by atoms with Crippen molar-refractivity contribution in [2.24, 2.45) is 0 Å². The van der Waals surface area contributed by atoms with Crippen LogP contribution in [0.5, 0.6) is 5.48 Å². The van der Waals surface area contributed by atoms with Gasteiger partial charge in [-0.3, -0.25) is 0 Å². The second-order valence-corrected chi connectivity index (χ2v) is 11.4. The molecule has 0 aliphatic carbocycles. The summed E-state index contributed by atoms with van der Waals surface area (Å²) in [5, 5.41) is 1.43. The van der Waals surface area contributed by atoms with Crippen LogP contribution in [-0.2, 0) is 5.41 Å². The van der Waals surface area contributed by atoms with E-state index in [9.17, 15) is 0 Å². The second kappa shape index (κ2) is 4.27. The summed E-state index contributed by atoms with van der Waals surface area (Å²) < 4.78 is 6.02. The fraction of sp³-hybridized carbons (Fsp3) is 0.583. The van der Waals surface area contributed by atoms with Crippen molar-refractivity contribution in [2.45, 2.75) is 45.8 Å². The molecule has 0 aromatic carbocycles. The second-order valence-electron chi connectivity index (χ2n) is 5.83. The molecule has 0 aliphatic rings. The van der Waals surface area contributed by atoms with Crippen molar-refractivity contribution in [1.82, 2.24) is 0 Å². The fourth-order valence-corrected chi connectivity index (χ4v) is 3.80. The van der Waals surface area contributed by atoms with Crippen LogP contribution in [0.25, 0.3) is 0 Å². The standard InChI is InChI=1S/C12H21OPSi/c1-12(2,3)10-8-7-9-11(14-10)13-15(4,5)6/h7-9H,1-6H3. The third kappa shape index (κ3) is 4.36. The van der Waals surface area contributed by atoms with Gasteiger partial charge in [0, 0.05) is 0 Å². The third-order valence-corrected chi connectivity index (χ3v) is 4.43. The highest BCUT2D eigenvalue weighted by atomic mass is 31.0. The Balaban J connectivity index is 2.94. The van der Waals surface area contributed by atoms with Crippen LogP contribution in [0.2, 0.25) is 19.6 Å². The maximum Gasteiger partial charge on any atom is 0.242 e. The molecule has 0 saturated heterocycles. The monoisotopic (exact) mass is 240 g/mol. The highest BCUT2D eigenvalue weighted by molar-refractivity contribution is 7.33. The van der Waals surface area contributed by atoms with Gasteiger partial charge in [0.2, 0.25) is 8.32 Å². The molecule has 1 heterocycles. The van der Waals surface area contributed by atoms with Gasteiger partial charge in [0.05, 0.1) is 0 Å². The van der Waals surface area contributed by atoms with E-state index >= 15 is 0 Å². The maximum atomic E-state index is 6.02. The predicted molar refractivity (Wildman–Crippen MR) is 71.6 cm³/mol. The fourth-order valence-electron chi connectivity index (χ4n) is 1.20. The molecule has 1 rings (SSSR count). The van der Waals surface area contributed by atoms with Crippen molar-refractivity contribution in [2.75, 3.05) is 0 Å².